The molecule has 2 rings (SSSR count). The van der Waals surface area contributed by atoms with Crippen LogP contribution in [0.2, 0.25) is 0 Å². The maximum absolute atomic E-state index is 13.2. The van der Waals surface area contributed by atoms with Crippen LogP contribution in [0, 0.1) is 12.7 Å². The summed E-state index contributed by atoms with van der Waals surface area (Å²) < 4.78 is 40.4. The minimum Gasteiger partial charge on any atom is -0.329 e. The Kier molecular flexibility index (Phi) is 4.70. The van der Waals surface area contributed by atoms with E-state index in [9.17, 15) is 12.8 Å². The van der Waals surface area contributed by atoms with Gasteiger partial charge < -0.3 is 5.73 Å². The van der Waals surface area contributed by atoms with E-state index in [0.29, 0.717) is 12.1 Å². The predicted molar refractivity (Wildman–Crippen MR) is 81.0 cm³/mol. The molecular formula is C15H23FN2O2S. The van der Waals surface area contributed by atoms with Crippen LogP contribution in [0.4, 0.5) is 4.39 Å². The summed E-state index contributed by atoms with van der Waals surface area (Å²) in [4.78, 5) is 0.157. The Balaban J connectivity index is 2.42. The van der Waals surface area contributed by atoms with Crippen LogP contribution >= 0.6 is 0 Å². The largest absolute Gasteiger partial charge is 0.329 e. The maximum atomic E-state index is 13.2. The van der Waals surface area contributed by atoms with Crippen molar-refractivity contribution in [2.45, 2.75) is 49.5 Å². The molecule has 0 radical (unpaired) electrons. The fourth-order valence-corrected chi connectivity index (χ4v) is 4.93. The molecule has 0 aliphatic heterocycles. The highest BCUT2D eigenvalue weighted by Crippen LogP contribution is 2.36. The van der Waals surface area contributed by atoms with Crippen molar-refractivity contribution in [2.75, 3.05) is 13.6 Å². The quantitative estimate of drug-likeness (QED) is 0.928. The van der Waals surface area contributed by atoms with E-state index in [4.69, 9.17) is 5.73 Å². The highest BCUT2D eigenvalue weighted by Gasteiger charge is 2.41. The van der Waals surface area contributed by atoms with Crippen molar-refractivity contribution in [3.8, 4) is 0 Å². The van der Waals surface area contributed by atoms with Gasteiger partial charge in [0.05, 0.1) is 4.90 Å². The second kappa shape index (κ2) is 6.02. The minimum absolute atomic E-state index is 0.157. The van der Waals surface area contributed by atoms with Crippen molar-refractivity contribution in [1.82, 2.24) is 4.31 Å². The van der Waals surface area contributed by atoms with Gasteiger partial charge in [0.1, 0.15) is 5.82 Å². The van der Waals surface area contributed by atoms with Gasteiger partial charge in [0, 0.05) is 19.1 Å². The molecule has 21 heavy (non-hydrogen) atoms. The zero-order chi connectivity index (χ0) is 15.7. The number of hydrogen-bond donors (Lipinski definition) is 1. The number of hydrogen-bond acceptors (Lipinski definition) is 3. The number of sulfonamides is 1. The first-order valence-corrected chi connectivity index (χ1v) is 8.73. The Hall–Kier alpha value is -0.980. The SMILES string of the molecule is Cc1cc(F)ccc1S(=O)(=O)N(C)C1(CN)CCCCC1. The summed E-state index contributed by atoms with van der Waals surface area (Å²) in [6, 6.07) is 3.77. The fourth-order valence-electron chi connectivity index (χ4n) is 3.16. The number of nitrogens with zero attached hydrogens (tertiary/aromatic N) is 1. The number of rotatable bonds is 4. The summed E-state index contributed by atoms with van der Waals surface area (Å²) in [5, 5.41) is 0. The topological polar surface area (TPSA) is 63.4 Å². The van der Waals surface area contributed by atoms with Crippen LogP contribution in [-0.4, -0.2) is 31.9 Å². The van der Waals surface area contributed by atoms with E-state index < -0.39 is 21.4 Å². The van der Waals surface area contributed by atoms with Crippen LogP contribution in [0.3, 0.4) is 0 Å². The smallest absolute Gasteiger partial charge is 0.243 e. The lowest BCUT2D eigenvalue weighted by Crippen LogP contribution is -2.55. The van der Waals surface area contributed by atoms with E-state index in [1.807, 2.05) is 0 Å². The van der Waals surface area contributed by atoms with Crippen LogP contribution in [0.25, 0.3) is 0 Å². The first kappa shape index (κ1) is 16.4. The van der Waals surface area contributed by atoms with Gasteiger partial charge in [0.2, 0.25) is 10.0 Å². The normalized spacial score (nSPS) is 18.9. The van der Waals surface area contributed by atoms with Crippen LogP contribution in [-0.2, 0) is 10.0 Å². The third kappa shape index (κ3) is 2.98. The Bertz CT molecular complexity index is 610. The molecule has 0 amide bonds. The van der Waals surface area contributed by atoms with Gasteiger partial charge in [-0.15, -0.1) is 0 Å². The molecule has 4 nitrogen and oxygen atoms in total. The van der Waals surface area contributed by atoms with E-state index in [1.54, 1.807) is 14.0 Å². The summed E-state index contributed by atoms with van der Waals surface area (Å²) in [5.74, 6) is -0.430. The summed E-state index contributed by atoms with van der Waals surface area (Å²) in [6.07, 6.45) is 4.64. The lowest BCUT2D eigenvalue weighted by molar-refractivity contribution is 0.159. The molecule has 0 unspecified atom stereocenters. The van der Waals surface area contributed by atoms with Gasteiger partial charge in [0.15, 0.2) is 0 Å². The average Bonchev–Trinajstić information content (AvgIpc) is 2.46. The minimum atomic E-state index is -3.67. The van der Waals surface area contributed by atoms with E-state index in [0.717, 1.165) is 32.1 Å². The van der Waals surface area contributed by atoms with Gasteiger partial charge in [-0.3, -0.25) is 0 Å². The van der Waals surface area contributed by atoms with Crippen molar-refractivity contribution in [3.05, 3.63) is 29.6 Å². The molecule has 0 spiro atoms. The van der Waals surface area contributed by atoms with Crippen molar-refractivity contribution in [1.29, 1.82) is 0 Å². The molecular weight excluding hydrogens is 291 g/mol. The van der Waals surface area contributed by atoms with Crippen molar-refractivity contribution < 1.29 is 12.8 Å². The molecule has 0 atom stereocenters. The monoisotopic (exact) mass is 314 g/mol. The van der Waals surface area contributed by atoms with Gasteiger partial charge in [-0.05, 0) is 43.5 Å². The molecule has 1 fully saturated rings. The number of aryl methyl sites for hydroxylation is 1. The second-order valence-corrected chi connectivity index (χ2v) is 7.81. The van der Waals surface area contributed by atoms with Crippen LogP contribution in [0.15, 0.2) is 23.1 Å². The summed E-state index contributed by atoms with van der Waals surface area (Å²) in [7, 11) is -2.08. The Labute approximate surface area is 126 Å². The van der Waals surface area contributed by atoms with E-state index in [1.165, 1.54) is 22.5 Å². The van der Waals surface area contributed by atoms with Crippen molar-refractivity contribution in [2.24, 2.45) is 5.73 Å². The molecule has 1 saturated carbocycles. The van der Waals surface area contributed by atoms with Crippen LogP contribution < -0.4 is 5.73 Å². The highest BCUT2D eigenvalue weighted by atomic mass is 32.2. The van der Waals surface area contributed by atoms with E-state index >= 15 is 0 Å². The predicted octanol–water partition coefficient (Wildman–Crippen LogP) is 2.42. The second-order valence-electron chi connectivity index (χ2n) is 5.87. The van der Waals surface area contributed by atoms with Crippen LogP contribution in [0.1, 0.15) is 37.7 Å². The third-order valence-corrected chi connectivity index (χ3v) is 6.73. The zero-order valence-corrected chi connectivity index (χ0v) is 13.4. The first-order valence-electron chi connectivity index (χ1n) is 7.29. The molecule has 0 aromatic heterocycles. The lowest BCUT2D eigenvalue weighted by atomic mass is 9.82. The molecule has 0 bridgehead atoms. The molecule has 1 aliphatic rings. The van der Waals surface area contributed by atoms with Crippen LogP contribution in [0.5, 0.6) is 0 Å². The number of benzene rings is 1. The average molecular weight is 314 g/mol. The highest BCUT2D eigenvalue weighted by molar-refractivity contribution is 7.89. The zero-order valence-electron chi connectivity index (χ0n) is 12.6. The fraction of sp³-hybridized carbons (Fsp3) is 0.600. The van der Waals surface area contributed by atoms with E-state index in [-0.39, 0.29) is 4.90 Å². The molecule has 1 aromatic rings. The van der Waals surface area contributed by atoms with Gasteiger partial charge in [-0.2, -0.15) is 4.31 Å². The lowest BCUT2D eigenvalue weighted by Gasteiger charge is -2.43. The molecule has 1 aliphatic carbocycles. The Morgan fingerprint density at radius 1 is 1.29 bits per heavy atom. The summed E-state index contributed by atoms with van der Waals surface area (Å²) >= 11 is 0. The number of nitrogens with two attached hydrogens (primary N) is 1. The van der Waals surface area contributed by atoms with Gasteiger partial charge in [0.25, 0.3) is 0 Å². The van der Waals surface area contributed by atoms with Gasteiger partial charge in [-0.25, -0.2) is 12.8 Å². The molecule has 2 N–H and O–H groups in total. The number of halogens is 1. The molecule has 0 saturated heterocycles. The summed E-state index contributed by atoms with van der Waals surface area (Å²) in [5.41, 5.74) is 5.82. The molecule has 0 heterocycles. The summed E-state index contributed by atoms with van der Waals surface area (Å²) in [6.45, 7) is 1.92. The van der Waals surface area contributed by atoms with Crippen molar-refractivity contribution in [3.63, 3.8) is 0 Å². The number of likely N-dealkylation sites (N-methyl/N-ethyl adjacent to an activating group) is 1. The van der Waals surface area contributed by atoms with E-state index in [2.05, 4.69) is 0 Å². The van der Waals surface area contributed by atoms with Gasteiger partial charge in [-0.1, -0.05) is 19.3 Å². The first-order chi connectivity index (χ1) is 9.83. The molecule has 118 valence electrons. The third-order valence-electron chi connectivity index (χ3n) is 4.61. The standard InChI is InChI=1S/C15H23FN2O2S/c1-12-10-13(16)6-7-14(12)21(19,20)18(2)15(11-17)8-4-3-5-9-15/h6-7,10H,3-5,8-9,11,17H2,1-2H3. The van der Waals surface area contributed by atoms with Crippen molar-refractivity contribution >= 4 is 10.0 Å². The Morgan fingerprint density at radius 2 is 1.90 bits per heavy atom. The van der Waals surface area contributed by atoms with Gasteiger partial charge >= 0.3 is 0 Å². The maximum Gasteiger partial charge on any atom is 0.243 e. The molecule has 1 aromatic carbocycles. The Morgan fingerprint density at radius 3 is 2.43 bits per heavy atom. The molecule has 6 heteroatoms.